The van der Waals surface area contributed by atoms with Crippen LogP contribution in [0.2, 0.25) is 0 Å². The lowest BCUT2D eigenvalue weighted by atomic mass is 9.98. The molecule has 0 fully saturated rings. The number of methoxy groups -OCH3 is 2. The minimum atomic E-state index is 0.527. The van der Waals surface area contributed by atoms with Gasteiger partial charge in [0.1, 0.15) is 5.75 Å². The topological polar surface area (TPSA) is 51.5 Å². The third-order valence-corrected chi connectivity index (χ3v) is 4.50. The van der Waals surface area contributed by atoms with Crippen LogP contribution in [0.5, 0.6) is 17.2 Å². The molecule has 0 atom stereocenters. The average Bonchev–Trinajstić information content (AvgIpc) is 2.75. The zero-order chi connectivity index (χ0) is 19.9. The quantitative estimate of drug-likeness (QED) is 0.393. The lowest BCUT2D eigenvalue weighted by molar-refractivity contribution is 0.317. The van der Waals surface area contributed by atoms with E-state index in [4.69, 9.17) is 14.2 Å². The molecule has 3 rings (SSSR count). The number of fused-ring (bicyclic) bond motifs is 1. The van der Waals surface area contributed by atoms with Crippen molar-refractivity contribution in [1.82, 2.24) is 0 Å². The zero-order valence-corrected chi connectivity index (χ0v) is 16.4. The van der Waals surface area contributed by atoms with E-state index in [-0.39, 0.29) is 0 Å². The van der Waals surface area contributed by atoms with Crippen LogP contribution in [0.4, 0.5) is 0 Å². The van der Waals surface area contributed by atoms with Crippen LogP contribution in [-0.4, -0.2) is 20.8 Å². The van der Waals surface area contributed by atoms with Crippen molar-refractivity contribution in [2.45, 2.75) is 13.3 Å². The van der Waals surface area contributed by atoms with Crippen LogP contribution < -0.4 is 14.2 Å². The first-order valence-electron chi connectivity index (χ1n) is 9.20. The van der Waals surface area contributed by atoms with Gasteiger partial charge in [0.15, 0.2) is 11.5 Å². The summed E-state index contributed by atoms with van der Waals surface area (Å²) in [7, 11) is 3.17. The van der Waals surface area contributed by atoms with E-state index >= 15 is 0 Å². The van der Waals surface area contributed by atoms with Crippen molar-refractivity contribution in [2.24, 2.45) is 0 Å². The fraction of sp³-hybridized carbons (Fsp3) is 0.208. The van der Waals surface area contributed by atoms with Gasteiger partial charge in [-0.3, -0.25) is 0 Å². The maximum Gasteiger partial charge on any atom is 0.161 e. The molecule has 0 spiro atoms. The fourth-order valence-corrected chi connectivity index (χ4v) is 3.09. The normalized spacial score (nSPS) is 11.1. The molecule has 0 aliphatic rings. The number of benzene rings is 3. The highest BCUT2D eigenvalue weighted by Gasteiger charge is 2.12. The zero-order valence-electron chi connectivity index (χ0n) is 16.4. The Morgan fingerprint density at radius 2 is 1.71 bits per heavy atom. The van der Waals surface area contributed by atoms with Gasteiger partial charge in [0, 0.05) is 5.56 Å². The van der Waals surface area contributed by atoms with Crippen molar-refractivity contribution >= 4 is 22.4 Å². The summed E-state index contributed by atoms with van der Waals surface area (Å²) in [5, 5.41) is 12.0. The van der Waals surface area contributed by atoms with Crippen molar-refractivity contribution in [3.63, 3.8) is 0 Å². The molecule has 28 heavy (non-hydrogen) atoms. The Morgan fingerprint density at radius 3 is 2.43 bits per heavy atom. The largest absolute Gasteiger partial charge is 0.493 e. The van der Waals surface area contributed by atoms with Crippen molar-refractivity contribution in [1.29, 1.82) is 5.26 Å². The van der Waals surface area contributed by atoms with Gasteiger partial charge in [0.2, 0.25) is 0 Å². The van der Waals surface area contributed by atoms with Gasteiger partial charge in [0.05, 0.1) is 32.5 Å². The van der Waals surface area contributed by atoms with Crippen LogP contribution in [0.25, 0.3) is 22.4 Å². The summed E-state index contributed by atoms with van der Waals surface area (Å²) in [6.45, 7) is 2.69. The molecule has 142 valence electrons. The minimum absolute atomic E-state index is 0.527. The van der Waals surface area contributed by atoms with Crippen molar-refractivity contribution in [2.75, 3.05) is 20.8 Å². The van der Waals surface area contributed by atoms with Crippen LogP contribution in [-0.2, 0) is 0 Å². The lowest BCUT2D eigenvalue weighted by Crippen LogP contribution is -1.98. The molecule has 0 aliphatic carbocycles. The van der Waals surface area contributed by atoms with Gasteiger partial charge in [-0.05, 0) is 53.1 Å². The summed E-state index contributed by atoms with van der Waals surface area (Å²) >= 11 is 0. The molecule has 0 aliphatic heterocycles. The molecule has 0 bridgehead atoms. The van der Waals surface area contributed by atoms with Crippen LogP contribution in [0.15, 0.2) is 54.6 Å². The predicted molar refractivity (Wildman–Crippen MR) is 113 cm³/mol. The van der Waals surface area contributed by atoms with Gasteiger partial charge in [0.25, 0.3) is 0 Å². The van der Waals surface area contributed by atoms with Crippen LogP contribution in [0, 0.1) is 11.3 Å². The molecule has 0 radical (unpaired) electrons. The molecule has 0 amide bonds. The van der Waals surface area contributed by atoms with Gasteiger partial charge in [-0.15, -0.1) is 0 Å². The van der Waals surface area contributed by atoms with Gasteiger partial charge >= 0.3 is 0 Å². The van der Waals surface area contributed by atoms with Crippen LogP contribution in [0.3, 0.4) is 0 Å². The second-order valence-electron chi connectivity index (χ2n) is 6.29. The van der Waals surface area contributed by atoms with E-state index in [0.717, 1.165) is 34.1 Å². The lowest BCUT2D eigenvalue weighted by Gasteiger charge is -2.13. The number of hydrogen-bond donors (Lipinski definition) is 0. The van der Waals surface area contributed by atoms with E-state index in [1.54, 1.807) is 20.3 Å². The Balaban J connectivity index is 2.17. The second-order valence-corrected chi connectivity index (χ2v) is 6.29. The number of rotatable bonds is 7. The summed E-state index contributed by atoms with van der Waals surface area (Å²) in [5.41, 5.74) is 2.19. The van der Waals surface area contributed by atoms with Gasteiger partial charge in [-0.1, -0.05) is 37.3 Å². The van der Waals surface area contributed by atoms with Crippen molar-refractivity contribution < 1.29 is 14.2 Å². The molecule has 0 N–H and O–H groups in total. The highest BCUT2D eigenvalue weighted by atomic mass is 16.5. The molecule has 4 nitrogen and oxygen atoms in total. The second kappa shape index (κ2) is 8.96. The molecule has 0 heterocycles. The monoisotopic (exact) mass is 373 g/mol. The third kappa shape index (κ3) is 3.94. The smallest absolute Gasteiger partial charge is 0.161 e. The van der Waals surface area contributed by atoms with Crippen molar-refractivity contribution in [3.8, 4) is 23.3 Å². The summed E-state index contributed by atoms with van der Waals surface area (Å²) in [6.07, 6.45) is 2.80. The maximum absolute atomic E-state index is 9.84. The Kier molecular flexibility index (Phi) is 6.18. The highest BCUT2D eigenvalue weighted by molar-refractivity contribution is 6.00. The minimum Gasteiger partial charge on any atom is -0.493 e. The van der Waals surface area contributed by atoms with E-state index in [2.05, 4.69) is 19.1 Å². The summed E-state index contributed by atoms with van der Waals surface area (Å²) in [6, 6.07) is 19.9. The first-order chi connectivity index (χ1) is 13.7. The number of ether oxygens (including phenoxy) is 3. The molecule has 4 heteroatoms. The van der Waals surface area contributed by atoms with Gasteiger partial charge in [-0.2, -0.15) is 5.26 Å². The standard InChI is InChI=1S/C24H23NO3/c1-4-13-28-22-11-9-17-7-5-6-8-20(17)21(22)14-19(16-25)18-10-12-23(26-2)24(15-18)27-3/h5-12,14-15H,4,13H2,1-3H3/b19-14+. The van der Waals surface area contributed by atoms with E-state index in [1.165, 1.54) is 0 Å². The van der Waals surface area contributed by atoms with Gasteiger partial charge in [-0.25, -0.2) is 0 Å². The highest BCUT2D eigenvalue weighted by Crippen LogP contribution is 2.34. The van der Waals surface area contributed by atoms with E-state index in [0.29, 0.717) is 23.7 Å². The molecular weight excluding hydrogens is 350 g/mol. The summed E-state index contributed by atoms with van der Waals surface area (Å²) in [4.78, 5) is 0. The van der Waals surface area contributed by atoms with Crippen molar-refractivity contribution in [3.05, 3.63) is 65.7 Å². The average molecular weight is 373 g/mol. The Labute approximate surface area is 165 Å². The number of nitrogens with zero attached hydrogens (tertiary/aromatic N) is 1. The summed E-state index contributed by atoms with van der Waals surface area (Å²) < 4.78 is 16.6. The third-order valence-electron chi connectivity index (χ3n) is 4.50. The van der Waals surface area contributed by atoms with E-state index in [9.17, 15) is 5.26 Å². The first-order valence-corrected chi connectivity index (χ1v) is 9.20. The molecule has 3 aromatic rings. The molecule has 0 saturated carbocycles. The molecule has 0 saturated heterocycles. The SMILES string of the molecule is CCCOc1ccc2ccccc2c1/C=C(\C#N)c1ccc(OC)c(OC)c1. The molecular formula is C24H23NO3. The number of nitriles is 1. The Bertz CT molecular complexity index is 1050. The van der Waals surface area contributed by atoms with E-state index < -0.39 is 0 Å². The van der Waals surface area contributed by atoms with E-state index in [1.807, 2.05) is 48.5 Å². The fourth-order valence-electron chi connectivity index (χ4n) is 3.09. The van der Waals surface area contributed by atoms with Crippen LogP contribution in [0.1, 0.15) is 24.5 Å². The molecule has 3 aromatic carbocycles. The van der Waals surface area contributed by atoms with Crippen LogP contribution >= 0.6 is 0 Å². The predicted octanol–water partition coefficient (Wildman–Crippen LogP) is 5.71. The Morgan fingerprint density at radius 1 is 0.964 bits per heavy atom. The summed E-state index contributed by atoms with van der Waals surface area (Å²) in [5.74, 6) is 1.98. The molecule has 0 unspecified atom stereocenters. The maximum atomic E-state index is 9.84. The number of hydrogen-bond acceptors (Lipinski definition) is 4. The van der Waals surface area contributed by atoms with Gasteiger partial charge < -0.3 is 14.2 Å². The number of allylic oxidation sites excluding steroid dienone is 1. The molecule has 0 aromatic heterocycles. The first kappa shape index (κ1) is 19.3. The Hall–Kier alpha value is -3.45.